The molecule has 0 spiro atoms. The molecule has 1 aromatic rings. The Balaban J connectivity index is 0.00000661. The molecule has 6 atom stereocenters. The monoisotopic (exact) mass is 899 g/mol. The summed E-state index contributed by atoms with van der Waals surface area (Å²) < 4.78 is 33.3. The number of anilines is 1. The van der Waals surface area contributed by atoms with E-state index < -0.39 is 58.8 Å². The molecule has 17 nitrogen and oxygen atoms in total. The molecule has 1 aromatic carbocycles. The number of nitrogens with zero attached hydrogens (tertiary/aromatic N) is 5. The van der Waals surface area contributed by atoms with Crippen molar-refractivity contribution in [2.45, 2.75) is 70.6 Å². The second-order valence-electron chi connectivity index (χ2n) is 14.8. The number of aliphatic carboxylic acids is 2. The summed E-state index contributed by atoms with van der Waals surface area (Å²) in [5.41, 5.74) is 3.05. The van der Waals surface area contributed by atoms with E-state index in [9.17, 15) is 39.9 Å². The van der Waals surface area contributed by atoms with Gasteiger partial charge < -0.3 is 53.1 Å². The second-order valence-corrected chi connectivity index (χ2v) is 16.0. The number of azo groups is 1. The summed E-state index contributed by atoms with van der Waals surface area (Å²) in [6, 6.07) is 10.1. The molecule has 20 heteroatoms. The van der Waals surface area contributed by atoms with Gasteiger partial charge in [0.15, 0.2) is 0 Å². The molecule has 2 aliphatic carbocycles. The molecule has 3 aliphatic rings. The van der Waals surface area contributed by atoms with Crippen LogP contribution in [0, 0.1) is 59.2 Å². The predicted octanol–water partition coefficient (Wildman–Crippen LogP) is -2.83. The molecule has 0 saturated heterocycles. The molecule has 0 N–H and O–H groups in total. The fraction of sp³-hybridized carbons (Fsp3) is 0.667. The minimum atomic E-state index is -1.22. The number of carbonyl (C=O) groups is 4. The third kappa shape index (κ3) is 17.8. The number of ether oxygens (including phenoxy) is 6. The summed E-state index contributed by atoms with van der Waals surface area (Å²) in [7, 11) is 0. The molecule has 328 valence electrons. The smallest absolute Gasteiger partial charge is 0.550 e. The molecule has 2 saturated carbocycles. The van der Waals surface area contributed by atoms with Crippen LogP contribution in [0.15, 0.2) is 38.9 Å². The normalized spacial score (nSPS) is 22.1. The van der Waals surface area contributed by atoms with Crippen LogP contribution < -0.4 is 74.2 Å². The molecule has 4 rings (SSSR count). The fourth-order valence-electron chi connectivity index (χ4n) is 7.44. The number of carbonyl (C=O) groups excluding carboxylic acids is 4. The predicted molar refractivity (Wildman–Crippen MR) is 213 cm³/mol. The van der Waals surface area contributed by atoms with Crippen LogP contribution in [0.25, 0.3) is 0 Å². The van der Waals surface area contributed by atoms with Crippen LogP contribution in [0.3, 0.4) is 0 Å². The van der Waals surface area contributed by atoms with Gasteiger partial charge in [0.25, 0.3) is 0 Å². The van der Waals surface area contributed by atoms with Crippen molar-refractivity contribution in [2.24, 2.45) is 39.8 Å². The molecule has 1 heterocycles. The van der Waals surface area contributed by atoms with Crippen molar-refractivity contribution in [3.05, 3.63) is 34.2 Å². The number of thioether (sulfide) groups is 1. The molecule has 0 amide bonds. The SMILES string of the molecule is CC1=C(C#N)SC(N=Nc2ccc(N(CCOCCOCCOCCOC(=O)C3CCCCC3C(=O)[O-])CCOCCOC(=O)C3CCCCC3C(=O)[O-])cc2C)C1C#N.[Na+].[Na+]. The van der Waals surface area contributed by atoms with E-state index in [1.807, 2.05) is 25.1 Å². The maximum Gasteiger partial charge on any atom is 1.00 e. The van der Waals surface area contributed by atoms with Gasteiger partial charge in [-0.15, -0.1) is 0 Å². The van der Waals surface area contributed by atoms with Crippen LogP contribution in [0.1, 0.15) is 63.9 Å². The van der Waals surface area contributed by atoms with Crippen LogP contribution in [-0.4, -0.2) is 108 Å². The van der Waals surface area contributed by atoms with Crippen molar-refractivity contribution in [1.29, 1.82) is 10.5 Å². The van der Waals surface area contributed by atoms with Gasteiger partial charge in [0.2, 0.25) is 0 Å². The Bertz CT molecular complexity index is 1760. The number of hydrogen-bond donors (Lipinski definition) is 0. The van der Waals surface area contributed by atoms with Gasteiger partial charge in [-0.05, 0) is 68.9 Å². The van der Waals surface area contributed by atoms with Gasteiger partial charge in [-0.2, -0.15) is 20.8 Å². The van der Waals surface area contributed by atoms with Crippen LogP contribution >= 0.6 is 11.8 Å². The molecule has 0 bridgehead atoms. The first kappa shape index (κ1) is 55.5. The number of aryl methyl sites for hydroxylation is 1. The molecule has 0 radical (unpaired) electrons. The number of hydrogen-bond acceptors (Lipinski definition) is 18. The second kappa shape index (κ2) is 30.5. The first-order chi connectivity index (χ1) is 29.0. The van der Waals surface area contributed by atoms with Crippen molar-refractivity contribution in [3.8, 4) is 12.1 Å². The largest absolute Gasteiger partial charge is 1.00 e. The number of benzene rings is 1. The Morgan fingerprint density at radius 1 is 0.710 bits per heavy atom. The van der Waals surface area contributed by atoms with Gasteiger partial charge >= 0.3 is 71.1 Å². The summed E-state index contributed by atoms with van der Waals surface area (Å²) in [5.74, 6) is -7.01. The summed E-state index contributed by atoms with van der Waals surface area (Å²) in [6.45, 7) is 6.88. The Morgan fingerprint density at radius 3 is 1.60 bits per heavy atom. The molecule has 1 aliphatic heterocycles. The quantitative estimate of drug-likeness (QED) is 0.0416. The zero-order valence-electron chi connectivity index (χ0n) is 36.4. The fourth-order valence-corrected chi connectivity index (χ4v) is 8.54. The summed E-state index contributed by atoms with van der Waals surface area (Å²) in [6.07, 6.45) is 4.84. The van der Waals surface area contributed by atoms with Crippen LogP contribution in [0.5, 0.6) is 0 Å². The van der Waals surface area contributed by atoms with Crippen molar-refractivity contribution in [3.63, 3.8) is 0 Å². The van der Waals surface area contributed by atoms with Gasteiger partial charge in [-0.25, -0.2) is 0 Å². The summed E-state index contributed by atoms with van der Waals surface area (Å²) in [5, 5.41) is 50.2. The zero-order chi connectivity index (χ0) is 43.3. The number of nitriles is 2. The van der Waals surface area contributed by atoms with Crippen LogP contribution in [-0.2, 0) is 47.6 Å². The van der Waals surface area contributed by atoms with E-state index in [0.717, 1.165) is 36.9 Å². The van der Waals surface area contributed by atoms with E-state index in [-0.39, 0.29) is 92.1 Å². The van der Waals surface area contributed by atoms with Crippen molar-refractivity contribution in [1.82, 2.24) is 0 Å². The topological polar surface area (TPSA) is 245 Å². The molecule has 6 unspecified atom stereocenters. The van der Waals surface area contributed by atoms with Crippen molar-refractivity contribution in [2.75, 3.05) is 84.1 Å². The Labute approximate surface area is 412 Å². The van der Waals surface area contributed by atoms with E-state index in [2.05, 4.69) is 27.3 Å². The molecule has 2 fully saturated rings. The first-order valence-electron chi connectivity index (χ1n) is 20.5. The molecule has 62 heavy (non-hydrogen) atoms. The average molecular weight is 900 g/mol. The number of allylic oxidation sites excluding steroid dienone is 1. The summed E-state index contributed by atoms with van der Waals surface area (Å²) in [4.78, 5) is 50.3. The van der Waals surface area contributed by atoms with Crippen LogP contribution in [0.2, 0.25) is 0 Å². The first-order valence-corrected chi connectivity index (χ1v) is 21.4. The maximum atomic E-state index is 12.6. The van der Waals surface area contributed by atoms with Gasteiger partial charge in [0.05, 0.1) is 81.4 Å². The Kier molecular flexibility index (Phi) is 27.3. The summed E-state index contributed by atoms with van der Waals surface area (Å²) >= 11 is 1.24. The van der Waals surface area contributed by atoms with E-state index >= 15 is 0 Å². The van der Waals surface area contributed by atoms with E-state index in [0.29, 0.717) is 88.0 Å². The van der Waals surface area contributed by atoms with Crippen molar-refractivity contribution >= 4 is 47.0 Å². The third-order valence-electron chi connectivity index (χ3n) is 10.9. The molecular weight excluding hydrogens is 845 g/mol. The standard InChI is InChI=1S/C42H57N5O12S.2Na/c1-28-25-30(11-12-36(28)45-46-38-35(26-43)29(2)37(27-44)60-38)47(14-16-55-21-23-58-41(52)33-9-5-3-7-31(33)39(48)49)13-15-54-17-18-56-19-20-57-22-24-59-42(53)34-10-6-4-8-32(34)40(50)51;;/h11-12,25,31-35,38H,3-10,13-24H2,1-2H3,(H,48,49)(H,50,51);;/q;2*+1/p-2. The molecular formula is C42H55N5Na2O12S. The van der Waals surface area contributed by atoms with E-state index in [1.165, 1.54) is 11.8 Å². The number of carboxylic acid groups (broad SMARTS) is 2. The average Bonchev–Trinajstić information content (AvgIpc) is 3.57. The van der Waals surface area contributed by atoms with Gasteiger partial charge in [-0.3, -0.25) is 9.59 Å². The maximum absolute atomic E-state index is 12.6. The van der Waals surface area contributed by atoms with E-state index in [1.54, 1.807) is 6.92 Å². The number of rotatable bonds is 25. The number of carboxylic acids is 2. The van der Waals surface area contributed by atoms with Crippen LogP contribution in [0.4, 0.5) is 11.4 Å². The third-order valence-corrected chi connectivity index (χ3v) is 12.1. The van der Waals surface area contributed by atoms with Gasteiger partial charge in [0, 0.05) is 42.6 Å². The zero-order valence-corrected chi connectivity index (χ0v) is 41.2. The Hall–Kier alpha value is -2.59. The molecule has 0 aromatic heterocycles. The number of esters is 2. The van der Waals surface area contributed by atoms with E-state index in [4.69, 9.17) is 28.4 Å². The Morgan fingerprint density at radius 2 is 1.16 bits per heavy atom. The van der Waals surface area contributed by atoms with Gasteiger partial charge in [0.1, 0.15) is 30.6 Å². The van der Waals surface area contributed by atoms with Gasteiger partial charge in [-0.1, -0.05) is 37.4 Å². The minimum Gasteiger partial charge on any atom is -0.550 e. The minimum absolute atomic E-state index is 0. The van der Waals surface area contributed by atoms with Crippen molar-refractivity contribution < 1.29 is 117 Å².